The van der Waals surface area contributed by atoms with E-state index in [1.54, 1.807) is 0 Å². The number of hydrogen-bond acceptors (Lipinski definition) is 0. The van der Waals surface area contributed by atoms with Gasteiger partial charge in [-0.1, -0.05) is 0 Å². The normalized spacial score (nSPS) is 21.5. The van der Waals surface area contributed by atoms with Gasteiger partial charge in [-0.25, -0.2) is 0 Å². The van der Waals surface area contributed by atoms with E-state index in [1.807, 2.05) is 5.57 Å². The van der Waals surface area contributed by atoms with Crippen molar-refractivity contribution < 1.29 is 0 Å². The molecule has 0 amide bonds. The minimum atomic E-state index is -1.70. The first-order valence-electron chi connectivity index (χ1n) is 7.78. The molecule has 100 valence electrons. The van der Waals surface area contributed by atoms with Gasteiger partial charge in [-0.05, 0) is 0 Å². The van der Waals surface area contributed by atoms with Gasteiger partial charge >= 0.3 is 113 Å². The Morgan fingerprint density at radius 3 is 1.35 bits per heavy atom. The molecule has 1 fully saturated rings. The molecule has 17 heavy (non-hydrogen) atoms. The van der Waals surface area contributed by atoms with Gasteiger partial charge in [0.1, 0.15) is 0 Å². The van der Waals surface area contributed by atoms with Crippen molar-refractivity contribution in [3.8, 4) is 0 Å². The van der Waals surface area contributed by atoms with E-state index in [0.717, 1.165) is 0 Å². The van der Waals surface area contributed by atoms with Crippen molar-refractivity contribution in [3.05, 3.63) is 9.67 Å². The third kappa shape index (κ3) is 9.16. The van der Waals surface area contributed by atoms with Crippen molar-refractivity contribution in [2.75, 3.05) is 0 Å². The van der Waals surface area contributed by atoms with Gasteiger partial charge in [0.25, 0.3) is 0 Å². The minimum absolute atomic E-state index is 1.41. The van der Waals surface area contributed by atoms with Gasteiger partial charge in [-0.3, -0.25) is 0 Å². The maximum absolute atomic E-state index is 2.75. The fraction of sp³-hybridized carbons (Fsp3) is 0.875. The zero-order valence-electron chi connectivity index (χ0n) is 12.4. The molecule has 0 saturated heterocycles. The summed E-state index contributed by atoms with van der Waals surface area (Å²) < 4.78 is 2.75. The molecule has 1 rings (SSSR count). The van der Waals surface area contributed by atoms with Gasteiger partial charge in [-0.2, -0.15) is 0 Å². The van der Waals surface area contributed by atoms with Crippen LogP contribution in [0.25, 0.3) is 0 Å². The van der Waals surface area contributed by atoms with Crippen LogP contribution < -0.4 is 0 Å². The average molecular weight is 343 g/mol. The van der Waals surface area contributed by atoms with Crippen LogP contribution in [-0.4, -0.2) is 18.4 Å². The van der Waals surface area contributed by atoms with E-state index in [2.05, 4.69) is 18.9 Å². The molecule has 0 atom stereocenters. The second-order valence-electron chi connectivity index (χ2n) is 6.85. The van der Waals surface area contributed by atoms with Crippen molar-refractivity contribution in [1.82, 2.24) is 0 Å². The molecule has 0 heterocycles. The van der Waals surface area contributed by atoms with Crippen LogP contribution in [0.3, 0.4) is 0 Å². The van der Waals surface area contributed by atoms with E-state index in [1.165, 1.54) is 70.6 Å². The molecule has 0 unspecified atom stereocenters. The summed E-state index contributed by atoms with van der Waals surface area (Å²) in [6.07, 6.45) is 16.1. The summed E-state index contributed by atoms with van der Waals surface area (Å²) in [7, 11) is 0. The maximum atomic E-state index is 2.75. The molecule has 1 aliphatic rings. The van der Waals surface area contributed by atoms with Gasteiger partial charge < -0.3 is 0 Å². The average Bonchev–Trinajstić information content (AvgIpc) is 2.20. The molecular formula is C16H32Sn. The Labute approximate surface area is 113 Å². The van der Waals surface area contributed by atoms with Crippen molar-refractivity contribution in [2.45, 2.75) is 85.4 Å². The summed E-state index contributed by atoms with van der Waals surface area (Å²) in [5.41, 5.74) is 1.83. The van der Waals surface area contributed by atoms with Crippen molar-refractivity contribution in [3.63, 3.8) is 0 Å². The molecule has 0 aromatic carbocycles. The molecule has 1 saturated carbocycles. The Hall–Kier alpha value is 0.539. The molecule has 0 aliphatic heterocycles. The molecule has 0 aromatic heterocycles. The molecule has 0 radical (unpaired) electrons. The van der Waals surface area contributed by atoms with Crippen molar-refractivity contribution >= 4 is 18.4 Å². The summed E-state index contributed by atoms with van der Waals surface area (Å²) in [4.78, 5) is 7.62. The molecule has 0 nitrogen and oxygen atoms in total. The summed E-state index contributed by atoms with van der Waals surface area (Å²) in [6.45, 7) is 0. The van der Waals surface area contributed by atoms with E-state index in [0.29, 0.717) is 0 Å². The Kier molecular flexibility index (Phi) is 7.90. The summed E-state index contributed by atoms with van der Waals surface area (Å²) in [5.74, 6) is 0. The van der Waals surface area contributed by atoms with Gasteiger partial charge in [0.2, 0.25) is 0 Å². The van der Waals surface area contributed by atoms with E-state index in [4.69, 9.17) is 0 Å². The van der Waals surface area contributed by atoms with Crippen LogP contribution in [0, 0.1) is 0 Å². The first-order valence-corrected chi connectivity index (χ1v) is 18.0. The van der Waals surface area contributed by atoms with Gasteiger partial charge in [0.15, 0.2) is 0 Å². The number of rotatable bonds is 1. The first kappa shape index (κ1) is 15.6. The van der Waals surface area contributed by atoms with E-state index < -0.39 is 18.4 Å². The zero-order valence-corrected chi connectivity index (χ0v) is 15.2. The Bertz CT molecular complexity index is 208. The Morgan fingerprint density at radius 2 is 1.00 bits per heavy atom. The summed E-state index contributed by atoms with van der Waals surface area (Å²) in [5, 5.41) is 0. The summed E-state index contributed by atoms with van der Waals surface area (Å²) in [6, 6.07) is 0. The predicted molar refractivity (Wildman–Crippen MR) is 82.2 cm³/mol. The second-order valence-corrected chi connectivity index (χ2v) is 21.2. The van der Waals surface area contributed by atoms with E-state index in [-0.39, 0.29) is 0 Å². The predicted octanol–water partition coefficient (Wildman–Crippen LogP) is 6.09. The van der Waals surface area contributed by atoms with Gasteiger partial charge in [0, 0.05) is 0 Å². The fourth-order valence-corrected chi connectivity index (χ4v) is 7.14. The fourth-order valence-electron chi connectivity index (χ4n) is 2.82. The number of hydrogen-bond donors (Lipinski definition) is 0. The van der Waals surface area contributed by atoms with Crippen LogP contribution in [0.2, 0.25) is 14.8 Å². The first-order chi connectivity index (χ1) is 8.08. The molecule has 0 bridgehead atoms. The summed E-state index contributed by atoms with van der Waals surface area (Å²) >= 11 is -1.70. The molecule has 1 heteroatoms. The van der Waals surface area contributed by atoms with Crippen LogP contribution in [0.5, 0.6) is 0 Å². The van der Waals surface area contributed by atoms with Crippen LogP contribution in [-0.2, 0) is 0 Å². The molecule has 0 aromatic rings. The molecule has 0 spiro atoms. The monoisotopic (exact) mass is 344 g/mol. The van der Waals surface area contributed by atoms with Crippen LogP contribution >= 0.6 is 0 Å². The van der Waals surface area contributed by atoms with E-state index >= 15 is 0 Å². The Balaban J connectivity index is 2.45. The van der Waals surface area contributed by atoms with Crippen LogP contribution in [0.15, 0.2) is 9.67 Å². The van der Waals surface area contributed by atoms with Gasteiger partial charge in [0.05, 0.1) is 0 Å². The van der Waals surface area contributed by atoms with E-state index in [9.17, 15) is 0 Å². The van der Waals surface area contributed by atoms with Crippen LogP contribution in [0.4, 0.5) is 0 Å². The van der Waals surface area contributed by atoms with Crippen molar-refractivity contribution in [2.24, 2.45) is 0 Å². The Morgan fingerprint density at radius 1 is 0.647 bits per heavy atom. The topological polar surface area (TPSA) is 0 Å². The zero-order chi connectivity index (χ0) is 12.6. The second kappa shape index (κ2) is 8.61. The molecule has 0 N–H and O–H groups in total. The molecule has 1 aliphatic carbocycles. The quantitative estimate of drug-likeness (QED) is 0.505. The standard InChI is InChI=1S/C13H23.3CH3.Sn/c1-13-11-9-7-5-3-2-4-6-8-10-12-13;;;;/h1H,2-12H2;3*1H3;. The number of allylic oxidation sites excluding steroid dienone is 1. The molecular weight excluding hydrogens is 311 g/mol. The van der Waals surface area contributed by atoms with Crippen molar-refractivity contribution in [1.29, 1.82) is 0 Å². The van der Waals surface area contributed by atoms with Crippen LogP contribution in [0.1, 0.15) is 70.6 Å². The van der Waals surface area contributed by atoms with Gasteiger partial charge in [-0.15, -0.1) is 0 Å². The third-order valence-corrected chi connectivity index (χ3v) is 7.27. The SMILES string of the molecule is [CH3][Sn]([CH3])([CH3])[CH]=C1CCCCCCCCCCC1. The third-order valence-electron chi connectivity index (χ3n) is 3.63.